The van der Waals surface area contributed by atoms with Gasteiger partial charge in [0.2, 0.25) is 0 Å². The number of aromatic nitrogens is 6. The summed E-state index contributed by atoms with van der Waals surface area (Å²) in [6.07, 6.45) is 9.23. The van der Waals surface area contributed by atoms with E-state index in [0.29, 0.717) is 6.54 Å². The molecule has 3 aromatic heterocycles. The minimum atomic E-state index is 0.706. The Morgan fingerprint density at radius 1 is 1.10 bits per heavy atom. The summed E-state index contributed by atoms with van der Waals surface area (Å²) in [5.74, 6) is 1.65. The van der Waals surface area contributed by atoms with Crippen molar-refractivity contribution in [3.05, 3.63) is 48.8 Å². The van der Waals surface area contributed by atoms with Crippen LogP contribution in [0.1, 0.15) is 12.6 Å². The summed E-state index contributed by atoms with van der Waals surface area (Å²) in [7, 11) is 1.89. The van der Waals surface area contributed by atoms with Gasteiger partial charge in [0.15, 0.2) is 5.82 Å². The molecule has 0 unspecified atom stereocenters. The first-order valence-electron chi connectivity index (χ1n) is 6.82. The minimum Gasteiger partial charge on any atom is -0.350 e. The van der Waals surface area contributed by atoms with E-state index in [-0.39, 0.29) is 0 Å². The Bertz CT molecular complexity index is 684. The zero-order valence-electron chi connectivity index (χ0n) is 12.1. The number of hydrogen-bond donors (Lipinski definition) is 0. The van der Waals surface area contributed by atoms with Crippen molar-refractivity contribution in [2.75, 3.05) is 11.4 Å². The van der Waals surface area contributed by atoms with Gasteiger partial charge in [-0.25, -0.2) is 9.97 Å². The smallest absolute Gasteiger partial charge is 0.155 e. The predicted octanol–water partition coefficient (Wildman–Crippen LogP) is 1.42. The summed E-state index contributed by atoms with van der Waals surface area (Å²) < 4.78 is 3.70. The van der Waals surface area contributed by atoms with Gasteiger partial charge >= 0.3 is 0 Å². The molecular formula is C14H17N7. The van der Waals surface area contributed by atoms with Crippen LogP contribution in [0, 0.1) is 0 Å². The van der Waals surface area contributed by atoms with Crippen molar-refractivity contribution < 1.29 is 0 Å². The molecule has 0 N–H and O–H groups in total. The van der Waals surface area contributed by atoms with Crippen LogP contribution in [0.4, 0.5) is 5.82 Å². The molecule has 0 aliphatic rings. The summed E-state index contributed by atoms with van der Waals surface area (Å²) in [4.78, 5) is 11.1. The minimum absolute atomic E-state index is 0.706. The van der Waals surface area contributed by atoms with E-state index in [1.54, 1.807) is 23.3 Å². The maximum Gasteiger partial charge on any atom is 0.155 e. The van der Waals surface area contributed by atoms with Crippen LogP contribution in [0.15, 0.2) is 43.1 Å². The molecular weight excluding hydrogens is 266 g/mol. The maximum atomic E-state index is 4.51. The lowest BCUT2D eigenvalue weighted by Gasteiger charge is -2.21. The zero-order valence-corrected chi connectivity index (χ0v) is 12.1. The molecule has 0 spiro atoms. The van der Waals surface area contributed by atoms with Crippen LogP contribution in [0.25, 0.3) is 5.82 Å². The highest BCUT2D eigenvalue weighted by Crippen LogP contribution is 2.13. The molecule has 0 aliphatic carbocycles. The summed E-state index contributed by atoms with van der Waals surface area (Å²) >= 11 is 0. The molecule has 0 amide bonds. The molecule has 7 nitrogen and oxygen atoms in total. The van der Waals surface area contributed by atoms with Gasteiger partial charge in [0.05, 0.1) is 30.8 Å². The van der Waals surface area contributed by atoms with Crippen LogP contribution in [0.3, 0.4) is 0 Å². The van der Waals surface area contributed by atoms with Gasteiger partial charge in [0, 0.05) is 26.0 Å². The summed E-state index contributed by atoms with van der Waals surface area (Å²) in [6, 6.07) is 3.92. The quantitative estimate of drug-likeness (QED) is 0.708. The van der Waals surface area contributed by atoms with E-state index in [4.69, 9.17) is 0 Å². The summed E-state index contributed by atoms with van der Waals surface area (Å²) in [6.45, 7) is 3.63. The molecule has 108 valence electrons. The lowest BCUT2D eigenvalue weighted by atomic mass is 10.4. The molecule has 0 saturated heterocycles. The Hall–Kier alpha value is -2.70. The van der Waals surface area contributed by atoms with Gasteiger partial charge < -0.3 is 9.47 Å². The second-order valence-electron chi connectivity index (χ2n) is 4.69. The van der Waals surface area contributed by atoms with Crippen molar-refractivity contribution in [3.8, 4) is 5.82 Å². The van der Waals surface area contributed by atoms with Crippen molar-refractivity contribution in [2.24, 2.45) is 7.05 Å². The van der Waals surface area contributed by atoms with Gasteiger partial charge in [0.1, 0.15) is 5.82 Å². The second-order valence-corrected chi connectivity index (χ2v) is 4.69. The van der Waals surface area contributed by atoms with Crippen LogP contribution < -0.4 is 4.90 Å². The third-order valence-electron chi connectivity index (χ3n) is 3.36. The first kappa shape index (κ1) is 13.3. The van der Waals surface area contributed by atoms with Crippen LogP contribution >= 0.6 is 0 Å². The average molecular weight is 283 g/mol. The van der Waals surface area contributed by atoms with E-state index in [2.05, 4.69) is 32.1 Å². The van der Waals surface area contributed by atoms with Gasteiger partial charge in [-0.05, 0) is 19.1 Å². The Balaban J connectivity index is 1.79. The molecule has 0 fully saturated rings. The van der Waals surface area contributed by atoms with Gasteiger partial charge in [-0.1, -0.05) is 5.21 Å². The molecule has 0 radical (unpaired) electrons. The fourth-order valence-corrected chi connectivity index (χ4v) is 2.10. The monoisotopic (exact) mass is 283 g/mol. The lowest BCUT2D eigenvalue weighted by molar-refractivity contribution is 0.659. The molecule has 0 aliphatic heterocycles. The molecule has 21 heavy (non-hydrogen) atoms. The zero-order chi connectivity index (χ0) is 14.7. The fraction of sp³-hybridized carbons (Fsp3) is 0.286. The van der Waals surface area contributed by atoms with Crippen molar-refractivity contribution in [1.29, 1.82) is 0 Å². The van der Waals surface area contributed by atoms with E-state index in [0.717, 1.165) is 23.9 Å². The van der Waals surface area contributed by atoms with E-state index in [1.165, 1.54) is 0 Å². The molecule has 0 aromatic carbocycles. The van der Waals surface area contributed by atoms with Gasteiger partial charge in [-0.2, -0.15) is 0 Å². The Kier molecular flexibility index (Phi) is 3.63. The van der Waals surface area contributed by atoms with Gasteiger partial charge in [0.25, 0.3) is 0 Å². The molecule has 0 saturated carbocycles. The molecule has 3 heterocycles. The second kappa shape index (κ2) is 5.74. The van der Waals surface area contributed by atoms with Crippen molar-refractivity contribution in [3.63, 3.8) is 0 Å². The van der Waals surface area contributed by atoms with Gasteiger partial charge in [-0.3, -0.25) is 4.68 Å². The summed E-state index contributed by atoms with van der Waals surface area (Å²) in [5, 5.41) is 7.84. The third kappa shape index (κ3) is 2.76. The van der Waals surface area contributed by atoms with Crippen LogP contribution in [0.5, 0.6) is 0 Å². The Morgan fingerprint density at radius 3 is 2.48 bits per heavy atom. The largest absolute Gasteiger partial charge is 0.350 e. The van der Waals surface area contributed by atoms with Gasteiger partial charge in [-0.15, -0.1) is 5.10 Å². The molecule has 3 rings (SSSR count). The number of rotatable bonds is 5. The number of nitrogens with zero attached hydrogens (tertiary/aromatic N) is 7. The van der Waals surface area contributed by atoms with Crippen LogP contribution in [-0.2, 0) is 13.6 Å². The van der Waals surface area contributed by atoms with E-state index in [1.807, 2.05) is 36.1 Å². The Labute approximate surface area is 122 Å². The van der Waals surface area contributed by atoms with E-state index >= 15 is 0 Å². The predicted molar refractivity (Wildman–Crippen MR) is 79.1 cm³/mol. The standard InChI is InChI=1S/C14H17N7/c1-3-20(11-12-8-17-18-19(12)2)13-9-16-14(10-15-13)21-6-4-5-7-21/h4-10H,3,11H2,1-2H3. The maximum absolute atomic E-state index is 4.51. The molecule has 3 aromatic rings. The average Bonchev–Trinajstić information content (AvgIpc) is 3.17. The molecule has 0 atom stereocenters. The van der Waals surface area contributed by atoms with E-state index in [9.17, 15) is 0 Å². The topological polar surface area (TPSA) is 64.7 Å². The first-order chi connectivity index (χ1) is 10.3. The van der Waals surface area contributed by atoms with Crippen LogP contribution in [-0.4, -0.2) is 36.1 Å². The highest BCUT2D eigenvalue weighted by Gasteiger charge is 2.10. The van der Waals surface area contributed by atoms with Crippen molar-refractivity contribution in [2.45, 2.75) is 13.5 Å². The Morgan fingerprint density at radius 2 is 1.90 bits per heavy atom. The first-order valence-corrected chi connectivity index (χ1v) is 6.82. The highest BCUT2D eigenvalue weighted by molar-refractivity contribution is 5.38. The van der Waals surface area contributed by atoms with Crippen molar-refractivity contribution in [1.82, 2.24) is 29.5 Å². The third-order valence-corrected chi connectivity index (χ3v) is 3.36. The number of anilines is 1. The number of aryl methyl sites for hydroxylation is 1. The fourth-order valence-electron chi connectivity index (χ4n) is 2.10. The van der Waals surface area contributed by atoms with Crippen molar-refractivity contribution >= 4 is 5.82 Å². The molecule has 0 bridgehead atoms. The summed E-state index contributed by atoms with van der Waals surface area (Å²) in [5.41, 5.74) is 1.04. The van der Waals surface area contributed by atoms with E-state index < -0.39 is 0 Å². The SMILES string of the molecule is CCN(Cc1cnnn1C)c1cnc(-n2cccc2)cn1. The normalized spacial score (nSPS) is 10.8. The molecule has 7 heteroatoms. The lowest BCUT2D eigenvalue weighted by Crippen LogP contribution is -2.24. The number of hydrogen-bond acceptors (Lipinski definition) is 5. The highest BCUT2D eigenvalue weighted by atomic mass is 15.4. The van der Waals surface area contributed by atoms with Crippen LogP contribution in [0.2, 0.25) is 0 Å².